The van der Waals surface area contributed by atoms with Crippen LogP contribution in [0.25, 0.3) is 0 Å². The second-order valence-electron chi connectivity index (χ2n) is 8.46. The number of piperazine rings is 1. The highest BCUT2D eigenvalue weighted by atomic mass is 35.5. The lowest BCUT2D eigenvalue weighted by molar-refractivity contribution is 0.251. The van der Waals surface area contributed by atoms with Crippen molar-refractivity contribution in [2.75, 3.05) is 36.4 Å². The normalized spacial score (nSPS) is 15.1. The molecule has 37 heavy (non-hydrogen) atoms. The number of nitrogens with zero attached hydrogens (tertiary/aromatic N) is 3. The van der Waals surface area contributed by atoms with Crippen molar-refractivity contribution in [2.45, 2.75) is 16.8 Å². The number of nitrogens with one attached hydrogen (secondary N) is 2. The summed E-state index contributed by atoms with van der Waals surface area (Å²) in [4.78, 5) is 20.3. The van der Waals surface area contributed by atoms with E-state index in [-0.39, 0.29) is 4.90 Å². The van der Waals surface area contributed by atoms with Crippen molar-refractivity contribution in [3.05, 3.63) is 95.3 Å². The maximum atomic E-state index is 13.4. The number of hydrogen-bond donors (Lipinski definition) is 2. The van der Waals surface area contributed by atoms with E-state index in [9.17, 15) is 13.2 Å². The number of rotatable bonds is 8. The average molecular weight is 561 g/mol. The third-order valence-corrected chi connectivity index (χ3v) is 8.95. The molecule has 1 unspecified atom stereocenters. The summed E-state index contributed by atoms with van der Waals surface area (Å²) in [5.41, 5.74) is 2.18. The number of amides is 2. The fraction of sp³-hybridized carbons (Fsp3) is 0.231. The summed E-state index contributed by atoms with van der Waals surface area (Å²) in [6, 6.07) is 14.8. The van der Waals surface area contributed by atoms with Gasteiger partial charge in [0.15, 0.2) is 9.84 Å². The molecule has 2 amide bonds. The van der Waals surface area contributed by atoms with Crippen LogP contribution in [0.2, 0.25) is 10.0 Å². The highest BCUT2D eigenvalue weighted by molar-refractivity contribution is 7.92. The second kappa shape index (κ2) is 12.0. The quantitative estimate of drug-likeness (QED) is 0.384. The van der Waals surface area contributed by atoms with Crippen LogP contribution in [0.4, 0.5) is 16.2 Å². The zero-order chi connectivity index (χ0) is 26.4. The van der Waals surface area contributed by atoms with E-state index < -0.39 is 21.2 Å². The molecule has 1 aliphatic heterocycles. The molecular weight excluding hydrogens is 533 g/mol. The molecule has 4 rings (SSSR count). The number of carbonyl (C=O) groups excluding carboxylic acids is 1. The van der Waals surface area contributed by atoms with E-state index in [0.717, 1.165) is 11.3 Å². The number of carbonyl (C=O) groups is 1. The van der Waals surface area contributed by atoms with Crippen LogP contribution in [-0.2, 0) is 16.4 Å². The van der Waals surface area contributed by atoms with Gasteiger partial charge in [0.05, 0.1) is 20.6 Å². The molecule has 11 heteroatoms. The lowest BCUT2D eigenvalue weighted by atomic mass is 10.2. The van der Waals surface area contributed by atoms with Gasteiger partial charge in [-0.1, -0.05) is 41.4 Å². The van der Waals surface area contributed by atoms with E-state index in [4.69, 9.17) is 23.2 Å². The van der Waals surface area contributed by atoms with Crippen LogP contribution >= 0.6 is 23.2 Å². The van der Waals surface area contributed by atoms with Crippen LogP contribution in [0.15, 0.2) is 84.5 Å². The number of hydrogen-bond acceptors (Lipinski definition) is 6. The fourth-order valence-corrected chi connectivity index (χ4v) is 6.22. The van der Waals surface area contributed by atoms with Gasteiger partial charge in [-0.25, -0.2) is 13.2 Å². The molecule has 2 aromatic carbocycles. The van der Waals surface area contributed by atoms with Gasteiger partial charge in [-0.3, -0.25) is 9.88 Å². The third-order valence-electron chi connectivity index (χ3n) is 6.08. The number of pyridine rings is 1. The summed E-state index contributed by atoms with van der Waals surface area (Å²) >= 11 is 12.5. The standard InChI is InChI=1S/C26H27Cl2N5O3S/c1-2-24(33-15-13-32(14-16-33)23-7-3-6-22(27)25(23)28)37(35,36)21-10-8-20(9-11-21)31-26(34)30-18-19-5-4-12-29-17-19/h2-12,17,24H,1,13-16,18H2,(H2,30,31,34). The number of urea groups is 1. The van der Waals surface area contributed by atoms with Gasteiger partial charge in [0.2, 0.25) is 0 Å². The summed E-state index contributed by atoms with van der Waals surface area (Å²) < 4.78 is 26.9. The molecule has 0 bridgehead atoms. The lowest BCUT2D eigenvalue weighted by Crippen LogP contribution is -2.52. The van der Waals surface area contributed by atoms with Gasteiger partial charge in [0.1, 0.15) is 5.37 Å². The van der Waals surface area contributed by atoms with Crippen molar-refractivity contribution in [1.82, 2.24) is 15.2 Å². The van der Waals surface area contributed by atoms with Crippen LogP contribution in [0.3, 0.4) is 0 Å². The molecule has 1 saturated heterocycles. The van der Waals surface area contributed by atoms with Crippen molar-refractivity contribution in [2.24, 2.45) is 0 Å². The number of sulfone groups is 1. The van der Waals surface area contributed by atoms with Crippen LogP contribution in [-0.4, -0.2) is 55.9 Å². The molecule has 1 aromatic heterocycles. The van der Waals surface area contributed by atoms with Crippen LogP contribution in [0.5, 0.6) is 0 Å². The molecule has 2 N–H and O–H groups in total. The minimum absolute atomic E-state index is 0.152. The van der Waals surface area contributed by atoms with Gasteiger partial charge >= 0.3 is 6.03 Å². The lowest BCUT2D eigenvalue weighted by Gasteiger charge is -2.39. The summed E-state index contributed by atoms with van der Waals surface area (Å²) in [6.45, 7) is 6.32. The summed E-state index contributed by atoms with van der Waals surface area (Å²) in [5, 5.41) is 5.53. The van der Waals surface area contributed by atoms with Crippen molar-refractivity contribution in [1.29, 1.82) is 0 Å². The van der Waals surface area contributed by atoms with E-state index in [1.165, 1.54) is 18.2 Å². The number of aromatic nitrogens is 1. The first kappa shape index (κ1) is 26.9. The average Bonchev–Trinajstić information content (AvgIpc) is 2.91. The first-order valence-electron chi connectivity index (χ1n) is 11.6. The molecule has 1 atom stereocenters. The molecule has 1 aliphatic rings. The van der Waals surface area contributed by atoms with E-state index >= 15 is 0 Å². The van der Waals surface area contributed by atoms with Gasteiger partial charge in [0.25, 0.3) is 0 Å². The predicted octanol–water partition coefficient (Wildman–Crippen LogP) is 4.82. The highest BCUT2D eigenvalue weighted by Gasteiger charge is 2.33. The Morgan fingerprint density at radius 3 is 2.43 bits per heavy atom. The molecule has 3 aromatic rings. The van der Waals surface area contributed by atoms with Crippen molar-refractivity contribution in [3.8, 4) is 0 Å². The first-order valence-corrected chi connectivity index (χ1v) is 13.9. The Morgan fingerprint density at radius 2 is 1.78 bits per heavy atom. The van der Waals surface area contributed by atoms with Crippen LogP contribution < -0.4 is 15.5 Å². The minimum Gasteiger partial charge on any atom is -0.368 e. The Labute approximate surface area is 226 Å². The summed E-state index contributed by atoms with van der Waals surface area (Å²) in [7, 11) is -3.73. The zero-order valence-corrected chi connectivity index (χ0v) is 22.3. The highest BCUT2D eigenvalue weighted by Crippen LogP contribution is 2.33. The third kappa shape index (κ3) is 6.42. The molecule has 1 fully saturated rings. The molecule has 194 valence electrons. The topological polar surface area (TPSA) is 94.6 Å². The molecular formula is C26H27Cl2N5O3S. The Hall–Kier alpha value is -3.11. The van der Waals surface area contributed by atoms with Gasteiger partial charge in [-0.05, 0) is 48.0 Å². The predicted molar refractivity (Wildman–Crippen MR) is 148 cm³/mol. The van der Waals surface area contributed by atoms with E-state index in [1.807, 2.05) is 23.1 Å². The Kier molecular flexibility index (Phi) is 8.71. The Morgan fingerprint density at radius 1 is 1.05 bits per heavy atom. The van der Waals surface area contributed by atoms with Crippen molar-refractivity contribution >= 4 is 50.4 Å². The maximum absolute atomic E-state index is 13.4. The summed E-state index contributed by atoms with van der Waals surface area (Å²) in [6.07, 6.45) is 4.78. The van der Waals surface area contributed by atoms with Crippen molar-refractivity contribution in [3.63, 3.8) is 0 Å². The van der Waals surface area contributed by atoms with Crippen LogP contribution in [0.1, 0.15) is 5.56 Å². The molecule has 2 heterocycles. The largest absolute Gasteiger partial charge is 0.368 e. The first-order chi connectivity index (χ1) is 17.8. The Balaban J connectivity index is 1.37. The summed E-state index contributed by atoms with van der Waals surface area (Å²) in [5.74, 6) is 0. The molecule has 0 aliphatic carbocycles. The van der Waals surface area contributed by atoms with Crippen LogP contribution in [0, 0.1) is 0 Å². The minimum atomic E-state index is -3.73. The zero-order valence-electron chi connectivity index (χ0n) is 20.0. The Bertz CT molecular complexity index is 1350. The molecule has 0 saturated carbocycles. The fourth-order valence-electron chi connectivity index (χ4n) is 4.15. The smallest absolute Gasteiger partial charge is 0.319 e. The van der Waals surface area contributed by atoms with Gasteiger partial charge in [-0.15, -0.1) is 6.58 Å². The SMILES string of the molecule is C=CC(N1CCN(c2cccc(Cl)c2Cl)CC1)S(=O)(=O)c1ccc(NC(=O)NCc2cccnc2)cc1. The molecule has 8 nitrogen and oxygen atoms in total. The van der Waals surface area contributed by atoms with Gasteiger partial charge < -0.3 is 15.5 Å². The van der Waals surface area contributed by atoms with Crippen molar-refractivity contribution < 1.29 is 13.2 Å². The molecule has 0 spiro atoms. The van der Waals surface area contributed by atoms with Gasteiger partial charge in [-0.2, -0.15) is 0 Å². The number of anilines is 2. The van der Waals surface area contributed by atoms with E-state index in [2.05, 4.69) is 27.1 Å². The number of benzene rings is 2. The van der Waals surface area contributed by atoms with Gasteiger partial charge in [0, 0.05) is 50.8 Å². The molecule has 0 radical (unpaired) electrons. The van der Waals surface area contributed by atoms with E-state index in [1.54, 1.807) is 36.7 Å². The number of halogens is 2. The van der Waals surface area contributed by atoms with E-state index in [0.29, 0.717) is 48.5 Å². The second-order valence-corrected chi connectivity index (χ2v) is 11.3. The maximum Gasteiger partial charge on any atom is 0.319 e. The monoisotopic (exact) mass is 559 g/mol.